The van der Waals surface area contributed by atoms with Crippen LogP contribution in [0, 0.1) is 5.41 Å². The van der Waals surface area contributed by atoms with Crippen LogP contribution in [0.15, 0.2) is 36.7 Å². The summed E-state index contributed by atoms with van der Waals surface area (Å²) in [6, 6.07) is 7.24. The molecule has 1 aliphatic carbocycles. The van der Waals surface area contributed by atoms with Crippen LogP contribution in [0.25, 0.3) is 5.69 Å². The van der Waals surface area contributed by atoms with Gasteiger partial charge in [-0.05, 0) is 43.5 Å². The van der Waals surface area contributed by atoms with Gasteiger partial charge in [0, 0.05) is 30.2 Å². The molecule has 126 valence electrons. The first-order valence-electron chi connectivity index (χ1n) is 8.22. The van der Waals surface area contributed by atoms with Crippen molar-refractivity contribution in [3.63, 3.8) is 0 Å². The summed E-state index contributed by atoms with van der Waals surface area (Å²) in [5.41, 5.74) is 1.24. The number of hydrogen-bond donors (Lipinski definition) is 2. The van der Waals surface area contributed by atoms with Gasteiger partial charge in [0.15, 0.2) is 0 Å². The minimum atomic E-state index is -0.346. The molecule has 2 aliphatic rings. The second-order valence-electron chi connectivity index (χ2n) is 6.52. The van der Waals surface area contributed by atoms with Gasteiger partial charge in [0.1, 0.15) is 0 Å². The number of benzene rings is 1. The maximum absolute atomic E-state index is 12.5. The first-order chi connectivity index (χ1) is 11.7. The number of amides is 1. The van der Waals surface area contributed by atoms with E-state index in [1.54, 1.807) is 29.2 Å². The van der Waals surface area contributed by atoms with Crippen molar-refractivity contribution < 1.29 is 14.6 Å². The summed E-state index contributed by atoms with van der Waals surface area (Å²) in [5.74, 6) is -0.108. The fourth-order valence-corrected chi connectivity index (χ4v) is 3.75. The van der Waals surface area contributed by atoms with E-state index >= 15 is 0 Å². The monoisotopic (exact) mass is 328 g/mol. The van der Waals surface area contributed by atoms with E-state index in [4.69, 9.17) is 4.74 Å². The SMILES string of the molecule is O=C(N[C@@H]1C[C@@H](O)C12CCOCC2)c1ccc(-n2ccnn2)cc1. The van der Waals surface area contributed by atoms with Gasteiger partial charge in [-0.25, -0.2) is 4.68 Å². The van der Waals surface area contributed by atoms with Gasteiger partial charge in [0.05, 0.1) is 24.2 Å². The number of carbonyl (C=O) groups is 1. The number of aliphatic hydroxyl groups excluding tert-OH is 1. The molecule has 2 atom stereocenters. The highest BCUT2D eigenvalue weighted by atomic mass is 16.5. The summed E-state index contributed by atoms with van der Waals surface area (Å²) in [5, 5.41) is 21.0. The van der Waals surface area contributed by atoms with E-state index in [-0.39, 0.29) is 23.5 Å². The van der Waals surface area contributed by atoms with Gasteiger partial charge < -0.3 is 15.2 Å². The Balaban J connectivity index is 1.45. The summed E-state index contributed by atoms with van der Waals surface area (Å²) in [4.78, 5) is 12.5. The van der Waals surface area contributed by atoms with E-state index in [1.807, 2.05) is 12.1 Å². The molecule has 4 rings (SSSR count). The summed E-state index contributed by atoms with van der Waals surface area (Å²) in [6.45, 7) is 1.30. The average molecular weight is 328 g/mol. The van der Waals surface area contributed by atoms with E-state index in [1.165, 1.54) is 0 Å². The van der Waals surface area contributed by atoms with Gasteiger partial charge >= 0.3 is 0 Å². The zero-order valence-electron chi connectivity index (χ0n) is 13.3. The van der Waals surface area contributed by atoms with Crippen molar-refractivity contribution in [3.05, 3.63) is 42.2 Å². The van der Waals surface area contributed by atoms with Crippen LogP contribution in [-0.4, -0.2) is 51.4 Å². The van der Waals surface area contributed by atoms with Crippen LogP contribution in [0.1, 0.15) is 29.6 Å². The van der Waals surface area contributed by atoms with Crippen molar-refractivity contribution >= 4 is 5.91 Å². The van der Waals surface area contributed by atoms with Crippen molar-refractivity contribution in [2.75, 3.05) is 13.2 Å². The van der Waals surface area contributed by atoms with Crippen molar-refractivity contribution in [2.45, 2.75) is 31.4 Å². The molecular formula is C17H20N4O3. The predicted octanol–water partition coefficient (Wildman–Crippen LogP) is 0.927. The smallest absolute Gasteiger partial charge is 0.251 e. The van der Waals surface area contributed by atoms with Crippen LogP contribution in [0.5, 0.6) is 0 Å². The van der Waals surface area contributed by atoms with E-state index in [2.05, 4.69) is 15.6 Å². The Bertz CT molecular complexity index is 708. The van der Waals surface area contributed by atoms with Crippen LogP contribution >= 0.6 is 0 Å². The third-order valence-corrected chi connectivity index (χ3v) is 5.36. The molecule has 2 aromatic rings. The molecule has 1 saturated carbocycles. The lowest BCUT2D eigenvalue weighted by Crippen LogP contribution is -2.65. The van der Waals surface area contributed by atoms with E-state index < -0.39 is 0 Å². The normalized spacial score (nSPS) is 25.2. The molecule has 1 aromatic carbocycles. The second kappa shape index (κ2) is 5.99. The molecule has 2 N–H and O–H groups in total. The molecule has 7 nitrogen and oxygen atoms in total. The Morgan fingerprint density at radius 2 is 2.04 bits per heavy atom. The molecule has 24 heavy (non-hydrogen) atoms. The average Bonchev–Trinajstić information content (AvgIpc) is 3.17. The zero-order valence-corrected chi connectivity index (χ0v) is 13.3. The van der Waals surface area contributed by atoms with Gasteiger partial charge in [0.25, 0.3) is 5.91 Å². The Morgan fingerprint density at radius 3 is 2.67 bits per heavy atom. The summed E-state index contributed by atoms with van der Waals surface area (Å²) < 4.78 is 7.04. The molecule has 1 aliphatic heterocycles. The molecule has 1 amide bonds. The Morgan fingerprint density at radius 1 is 1.29 bits per heavy atom. The lowest BCUT2D eigenvalue weighted by Gasteiger charge is -2.55. The van der Waals surface area contributed by atoms with Crippen LogP contribution in [0.2, 0.25) is 0 Å². The number of nitrogens with zero attached hydrogens (tertiary/aromatic N) is 3. The standard InChI is InChI=1S/C17H20N4O3/c22-15-11-14(17(15)5-9-24-10-6-17)19-16(23)12-1-3-13(4-2-12)21-8-7-18-20-21/h1-4,7-8,14-15,22H,5-6,9-11H2,(H,19,23)/t14-,15-/m1/s1. The molecule has 1 saturated heterocycles. The fraction of sp³-hybridized carbons (Fsp3) is 0.471. The van der Waals surface area contributed by atoms with Crippen molar-refractivity contribution in [1.82, 2.24) is 20.3 Å². The first kappa shape index (κ1) is 15.3. The highest BCUT2D eigenvalue weighted by Gasteiger charge is 2.55. The Kier molecular flexibility index (Phi) is 3.82. The van der Waals surface area contributed by atoms with Crippen LogP contribution in [-0.2, 0) is 4.74 Å². The quantitative estimate of drug-likeness (QED) is 0.875. The first-order valence-corrected chi connectivity index (χ1v) is 8.22. The molecule has 2 heterocycles. The molecule has 1 aromatic heterocycles. The van der Waals surface area contributed by atoms with Crippen molar-refractivity contribution in [2.24, 2.45) is 5.41 Å². The maximum Gasteiger partial charge on any atom is 0.251 e. The van der Waals surface area contributed by atoms with Crippen LogP contribution in [0.4, 0.5) is 0 Å². The highest BCUT2D eigenvalue weighted by molar-refractivity contribution is 5.94. The van der Waals surface area contributed by atoms with Gasteiger partial charge in [-0.15, -0.1) is 5.10 Å². The minimum absolute atomic E-state index is 0.0129. The third kappa shape index (κ3) is 2.50. The largest absolute Gasteiger partial charge is 0.392 e. The number of aliphatic hydroxyl groups is 1. The fourth-order valence-electron chi connectivity index (χ4n) is 3.75. The highest BCUT2D eigenvalue weighted by Crippen LogP contribution is 2.49. The summed E-state index contributed by atoms with van der Waals surface area (Å²) in [6.07, 6.45) is 5.22. The molecule has 0 radical (unpaired) electrons. The maximum atomic E-state index is 12.5. The second-order valence-corrected chi connectivity index (χ2v) is 6.52. The molecule has 7 heteroatoms. The van der Waals surface area contributed by atoms with Gasteiger partial charge in [-0.1, -0.05) is 5.21 Å². The third-order valence-electron chi connectivity index (χ3n) is 5.36. The van der Waals surface area contributed by atoms with Gasteiger partial charge in [-0.2, -0.15) is 0 Å². The zero-order chi connectivity index (χ0) is 16.6. The molecule has 0 bridgehead atoms. The number of hydrogen-bond acceptors (Lipinski definition) is 5. The lowest BCUT2D eigenvalue weighted by atomic mass is 9.58. The molecule has 1 spiro atoms. The topological polar surface area (TPSA) is 89.3 Å². The number of aromatic nitrogens is 3. The minimum Gasteiger partial charge on any atom is -0.392 e. The van der Waals surface area contributed by atoms with Crippen molar-refractivity contribution in [3.8, 4) is 5.69 Å². The molecular weight excluding hydrogens is 308 g/mol. The van der Waals surface area contributed by atoms with Crippen molar-refractivity contribution in [1.29, 1.82) is 0 Å². The number of nitrogens with one attached hydrogen (secondary N) is 1. The lowest BCUT2D eigenvalue weighted by molar-refractivity contribution is -0.145. The predicted molar refractivity (Wildman–Crippen MR) is 85.7 cm³/mol. The van der Waals surface area contributed by atoms with E-state index in [0.717, 1.165) is 18.5 Å². The Labute approximate surface area is 139 Å². The molecule has 2 fully saturated rings. The van der Waals surface area contributed by atoms with Gasteiger partial charge in [-0.3, -0.25) is 4.79 Å². The van der Waals surface area contributed by atoms with E-state index in [9.17, 15) is 9.90 Å². The van der Waals surface area contributed by atoms with Gasteiger partial charge in [0.2, 0.25) is 0 Å². The molecule has 0 unspecified atom stereocenters. The summed E-state index contributed by atoms with van der Waals surface area (Å²) in [7, 11) is 0. The van der Waals surface area contributed by atoms with Crippen LogP contribution < -0.4 is 5.32 Å². The van der Waals surface area contributed by atoms with Crippen LogP contribution in [0.3, 0.4) is 0 Å². The number of carbonyl (C=O) groups excluding carboxylic acids is 1. The Hall–Kier alpha value is -2.25. The summed E-state index contributed by atoms with van der Waals surface area (Å²) >= 11 is 0. The number of ether oxygens (including phenoxy) is 1. The van der Waals surface area contributed by atoms with E-state index in [0.29, 0.717) is 25.2 Å². The number of rotatable bonds is 3.